The largest absolute Gasteiger partial charge is 0.325 e. The fraction of sp³-hybridized carbons (Fsp3) is 0.111. The molecule has 0 aliphatic rings. The molecule has 0 radical (unpaired) electrons. The number of anilines is 2. The smallest absolute Gasteiger partial charge is 0.255 e. The second kappa shape index (κ2) is 9.71. The number of carbonyl (C=O) groups is 2. The predicted octanol–water partition coefficient (Wildman–Crippen LogP) is 6.52. The van der Waals surface area contributed by atoms with Crippen LogP contribution in [0, 0.1) is 6.92 Å². The van der Waals surface area contributed by atoms with Crippen molar-refractivity contribution in [3.8, 4) is 0 Å². The number of aryl methyl sites for hydroxylation is 1. The third kappa shape index (κ3) is 5.37. The Hall–Kier alpha value is -3.57. The molecule has 0 aromatic heterocycles. The molecule has 0 aliphatic carbocycles. The first-order valence-corrected chi connectivity index (χ1v) is 11.3. The highest BCUT2D eigenvalue weighted by Crippen LogP contribution is 2.27. The van der Waals surface area contributed by atoms with Gasteiger partial charge in [0.05, 0.1) is 5.25 Å². The molecule has 0 heterocycles. The maximum absolute atomic E-state index is 12.7. The van der Waals surface area contributed by atoms with Gasteiger partial charge < -0.3 is 10.6 Å². The Kier molecular flexibility index (Phi) is 6.57. The molecule has 160 valence electrons. The quantitative estimate of drug-likeness (QED) is 0.336. The van der Waals surface area contributed by atoms with Crippen molar-refractivity contribution >= 4 is 45.7 Å². The van der Waals surface area contributed by atoms with E-state index in [4.69, 9.17) is 0 Å². The molecule has 4 aromatic rings. The van der Waals surface area contributed by atoms with Crippen molar-refractivity contribution in [2.24, 2.45) is 0 Å². The maximum atomic E-state index is 12.7. The fourth-order valence-corrected chi connectivity index (χ4v) is 4.25. The van der Waals surface area contributed by atoms with E-state index in [1.165, 1.54) is 11.8 Å². The number of nitrogens with one attached hydrogen (secondary N) is 2. The first-order chi connectivity index (χ1) is 15.5. The van der Waals surface area contributed by atoms with Crippen LogP contribution in [0.5, 0.6) is 0 Å². The lowest BCUT2D eigenvalue weighted by Crippen LogP contribution is -2.22. The van der Waals surface area contributed by atoms with Crippen LogP contribution in [-0.4, -0.2) is 17.1 Å². The zero-order valence-electron chi connectivity index (χ0n) is 18.0. The van der Waals surface area contributed by atoms with Gasteiger partial charge in [-0.1, -0.05) is 54.1 Å². The highest BCUT2D eigenvalue weighted by molar-refractivity contribution is 8.00. The zero-order chi connectivity index (χ0) is 22.5. The van der Waals surface area contributed by atoms with Crippen molar-refractivity contribution in [1.82, 2.24) is 0 Å². The van der Waals surface area contributed by atoms with Gasteiger partial charge in [-0.05, 0) is 67.1 Å². The van der Waals surface area contributed by atoms with Crippen LogP contribution in [0.3, 0.4) is 0 Å². The van der Waals surface area contributed by atoms with Crippen molar-refractivity contribution in [3.05, 3.63) is 102 Å². The molecule has 0 saturated carbocycles. The minimum atomic E-state index is -0.289. The van der Waals surface area contributed by atoms with Crippen molar-refractivity contribution in [1.29, 1.82) is 0 Å². The van der Waals surface area contributed by atoms with E-state index in [2.05, 4.69) is 10.6 Å². The van der Waals surface area contributed by atoms with Crippen LogP contribution in [0.15, 0.2) is 95.9 Å². The van der Waals surface area contributed by atoms with Gasteiger partial charge in [0.15, 0.2) is 0 Å². The number of amides is 2. The molecule has 32 heavy (non-hydrogen) atoms. The minimum absolute atomic E-state index is 0.0653. The minimum Gasteiger partial charge on any atom is -0.325 e. The summed E-state index contributed by atoms with van der Waals surface area (Å²) in [5.74, 6) is -0.229. The fourth-order valence-electron chi connectivity index (χ4n) is 3.32. The Morgan fingerprint density at radius 2 is 1.50 bits per heavy atom. The molecule has 2 amide bonds. The van der Waals surface area contributed by atoms with Gasteiger partial charge in [-0.25, -0.2) is 0 Å². The molecule has 5 heteroatoms. The summed E-state index contributed by atoms with van der Waals surface area (Å²) in [4.78, 5) is 26.2. The molecule has 0 aliphatic heterocycles. The predicted molar refractivity (Wildman–Crippen MR) is 133 cm³/mol. The Morgan fingerprint density at radius 1 is 0.750 bits per heavy atom. The van der Waals surface area contributed by atoms with E-state index in [-0.39, 0.29) is 17.1 Å². The molecule has 1 atom stereocenters. The molecule has 1 unspecified atom stereocenters. The highest BCUT2D eigenvalue weighted by atomic mass is 32.2. The van der Waals surface area contributed by atoms with E-state index in [0.717, 1.165) is 26.9 Å². The molecule has 0 bridgehead atoms. The monoisotopic (exact) mass is 440 g/mol. The van der Waals surface area contributed by atoms with Gasteiger partial charge in [0.2, 0.25) is 5.91 Å². The molecular formula is C27H24N2O2S. The SMILES string of the molecule is Cc1ccc(NC(=O)C(C)Sc2cccc(NC(=O)c3ccc4ccccc4c3)c2)cc1. The summed E-state index contributed by atoms with van der Waals surface area (Å²) in [6, 6.07) is 28.9. The summed E-state index contributed by atoms with van der Waals surface area (Å²) in [6.07, 6.45) is 0. The number of hydrogen-bond acceptors (Lipinski definition) is 3. The van der Waals surface area contributed by atoms with E-state index in [0.29, 0.717) is 11.3 Å². The number of thioether (sulfide) groups is 1. The third-order valence-corrected chi connectivity index (χ3v) is 6.20. The van der Waals surface area contributed by atoms with E-state index in [9.17, 15) is 9.59 Å². The molecule has 2 N–H and O–H groups in total. The molecular weight excluding hydrogens is 416 g/mol. The maximum Gasteiger partial charge on any atom is 0.255 e. The van der Waals surface area contributed by atoms with Crippen LogP contribution in [0.2, 0.25) is 0 Å². The summed E-state index contributed by atoms with van der Waals surface area (Å²) < 4.78 is 0. The Bertz CT molecular complexity index is 1270. The van der Waals surface area contributed by atoms with E-state index in [1.807, 2.05) is 105 Å². The van der Waals surface area contributed by atoms with Crippen molar-refractivity contribution in [2.45, 2.75) is 24.0 Å². The molecule has 0 fully saturated rings. The topological polar surface area (TPSA) is 58.2 Å². The first-order valence-electron chi connectivity index (χ1n) is 10.4. The molecule has 0 saturated heterocycles. The summed E-state index contributed by atoms with van der Waals surface area (Å²) in [7, 11) is 0. The average molecular weight is 441 g/mol. The summed E-state index contributed by atoms with van der Waals surface area (Å²) in [5, 5.41) is 7.73. The lowest BCUT2D eigenvalue weighted by molar-refractivity contribution is -0.115. The zero-order valence-corrected chi connectivity index (χ0v) is 18.8. The number of carbonyl (C=O) groups excluding carboxylic acids is 2. The van der Waals surface area contributed by atoms with E-state index >= 15 is 0 Å². The van der Waals surface area contributed by atoms with E-state index < -0.39 is 0 Å². The molecule has 4 rings (SSSR count). The summed E-state index contributed by atoms with van der Waals surface area (Å²) >= 11 is 1.45. The van der Waals surface area contributed by atoms with Gasteiger partial charge in [-0.3, -0.25) is 9.59 Å². The van der Waals surface area contributed by atoms with Gasteiger partial charge in [0, 0.05) is 21.8 Å². The van der Waals surface area contributed by atoms with Gasteiger partial charge >= 0.3 is 0 Å². The van der Waals surface area contributed by atoms with Gasteiger partial charge in [0.1, 0.15) is 0 Å². The lowest BCUT2D eigenvalue weighted by Gasteiger charge is -2.13. The average Bonchev–Trinajstić information content (AvgIpc) is 2.80. The van der Waals surface area contributed by atoms with Crippen LogP contribution in [-0.2, 0) is 4.79 Å². The van der Waals surface area contributed by atoms with Gasteiger partial charge in [-0.2, -0.15) is 0 Å². The summed E-state index contributed by atoms with van der Waals surface area (Å²) in [5.41, 5.74) is 3.23. The van der Waals surface area contributed by atoms with Crippen LogP contribution in [0.4, 0.5) is 11.4 Å². The van der Waals surface area contributed by atoms with Crippen molar-refractivity contribution < 1.29 is 9.59 Å². The first kappa shape index (κ1) is 21.7. The standard InChI is InChI=1S/C27H24N2O2S/c1-18-10-14-23(15-11-18)28-26(30)19(2)32-25-9-5-8-24(17-25)29-27(31)22-13-12-20-6-3-4-7-21(20)16-22/h3-17,19H,1-2H3,(H,28,30)(H,29,31). The Labute approximate surface area is 192 Å². The number of hydrogen-bond donors (Lipinski definition) is 2. The summed E-state index contributed by atoms with van der Waals surface area (Å²) in [6.45, 7) is 3.88. The van der Waals surface area contributed by atoms with Crippen LogP contribution >= 0.6 is 11.8 Å². The number of benzene rings is 4. The Balaban J connectivity index is 1.40. The van der Waals surface area contributed by atoms with Crippen molar-refractivity contribution in [3.63, 3.8) is 0 Å². The highest BCUT2D eigenvalue weighted by Gasteiger charge is 2.15. The second-order valence-corrected chi connectivity index (χ2v) is 9.07. The van der Waals surface area contributed by atoms with Crippen LogP contribution in [0.25, 0.3) is 10.8 Å². The molecule has 0 spiro atoms. The second-order valence-electron chi connectivity index (χ2n) is 7.66. The lowest BCUT2D eigenvalue weighted by atomic mass is 10.1. The van der Waals surface area contributed by atoms with Gasteiger partial charge in [0.25, 0.3) is 5.91 Å². The van der Waals surface area contributed by atoms with E-state index in [1.54, 1.807) is 0 Å². The third-order valence-electron chi connectivity index (χ3n) is 5.10. The molecule has 4 nitrogen and oxygen atoms in total. The number of rotatable bonds is 6. The van der Waals surface area contributed by atoms with Crippen LogP contribution < -0.4 is 10.6 Å². The Morgan fingerprint density at radius 3 is 2.28 bits per heavy atom. The molecule has 4 aromatic carbocycles. The van der Waals surface area contributed by atoms with Crippen LogP contribution in [0.1, 0.15) is 22.8 Å². The normalized spacial score (nSPS) is 11.7. The van der Waals surface area contributed by atoms with Gasteiger partial charge in [-0.15, -0.1) is 11.8 Å². The van der Waals surface area contributed by atoms with Crippen molar-refractivity contribution in [2.75, 3.05) is 10.6 Å². The number of fused-ring (bicyclic) bond motifs is 1.